The van der Waals surface area contributed by atoms with Crippen LogP contribution < -0.4 is 0 Å². The lowest BCUT2D eigenvalue weighted by Crippen LogP contribution is -2.48. The number of aryl methyl sites for hydroxylation is 2. The Kier molecular flexibility index (Phi) is 6.02. The number of hydrogen-bond acceptors (Lipinski definition) is 6. The first-order chi connectivity index (χ1) is 14.8. The Hall–Kier alpha value is -2.47. The molecular formula is C20H23FN6O2S2. The fourth-order valence-electron chi connectivity index (χ4n) is 3.61. The normalized spacial score (nSPS) is 16.0. The average molecular weight is 463 g/mol. The highest BCUT2D eigenvalue weighted by Crippen LogP contribution is 2.19. The van der Waals surface area contributed by atoms with Crippen molar-refractivity contribution < 1.29 is 12.8 Å². The number of rotatable bonds is 5. The van der Waals surface area contributed by atoms with Gasteiger partial charge in [-0.3, -0.25) is 4.90 Å². The lowest BCUT2D eigenvalue weighted by molar-refractivity contribution is 0.144. The first-order valence-corrected chi connectivity index (χ1v) is 11.7. The Morgan fingerprint density at radius 1 is 1.00 bits per heavy atom. The van der Waals surface area contributed by atoms with Crippen molar-refractivity contribution in [1.82, 2.24) is 29.0 Å². The maximum absolute atomic E-state index is 13.1. The quantitative estimate of drug-likeness (QED) is 0.543. The summed E-state index contributed by atoms with van der Waals surface area (Å²) in [7, 11) is -3.64. The number of tetrazole rings is 1. The Labute approximate surface area is 185 Å². The number of aromatic nitrogens is 4. The summed E-state index contributed by atoms with van der Waals surface area (Å²) >= 11 is 5.56. The summed E-state index contributed by atoms with van der Waals surface area (Å²) in [5.74, 6) is -0.464. The van der Waals surface area contributed by atoms with Gasteiger partial charge in [0.15, 0.2) is 0 Å². The van der Waals surface area contributed by atoms with Gasteiger partial charge in [-0.2, -0.15) is 8.99 Å². The molecule has 1 aliphatic heterocycles. The zero-order valence-corrected chi connectivity index (χ0v) is 18.9. The molecular weight excluding hydrogens is 439 g/mol. The highest BCUT2D eigenvalue weighted by molar-refractivity contribution is 7.89. The largest absolute Gasteiger partial charge is 0.282 e. The highest BCUT2D eigenvalue weighted by Gasteiger charge is 2.28. The van der Waals surface area contributed by atoms with E-state index >= 15 is 0 Å². The Morgan fingerprint density at radius 2 is 1.68 bits per heavy atom. The minimum absolute atomic E-state index is 0.0981. The highest BCUT2D eigenvalue weighted by atomic mass is 32.2. The second-order valence-electron chi connectivity index (χ2n) is 7.58. The van der Waals surface area contributed by atoms with Gasteiger partial charge in [-0.05, 0) is 72.4 Å². The van der Waals surface area contributed by atoms with Crippen molar-refractivity contribution in [2.24, 2.45) is 0 Å². The Morgan fingerprint density at radius 3 is 2.32 bits per heavy atom. The average Bonchev–Trinajstić information content (AvgIpc) is 3.09. The molecule has 1 aromatic heterocycles. The van der Waals surface area contributed by atoms with Crippen LogP contribution in [0.4, 0.5) is 4.39 Å². The van der Waals surface area contributed by atoms with Crippen molar-refractivity contribution >= 4 is 22.2 Å². The van der Waals surface area contributed by atoms with Crippen molar-refractivity contribution in [1.29, 1.82) is 0 Å². The van der Waals surface area contributed by atoms with Gasteiger partial charge in [-0.15, -0.1) is 0 Å². The first-order valence-electron chi connectivity index (χ1n) is 9.84. The van der Waals surface area contributed by atoms with Crippen LogP contribution in [0.15, 0.2) is 47.4 Å². The van der Waals surface area contributed by atoms with Crippen molar-refractivity contribution in [2.45, 2.75) is 25.4 Å². The summed E-state index contributed by atoms with van der Waals surface area (Å²) in [6.07, 6.45) is 0. The molecule has 0 aliphatic carbocycles. The van der Waals surface area contributed by atoms with Crippen molar-refractivity contribution in [3.63, 3.8) is 0 Å². The van der Waals surface area contributed by atoms with Gasteiger partial charge in [0.05, 0.1) is 17.3 Å². The van der Waals surface area contributed by atoms with Crippen LogP contribution >= 0.6 is 12.2 Å². The van der Waals surface area contributed by atoms with E-state index in [-0.39, 0.29) is 4.90 Å². The van der Waals surface area contributed by atoms with Crippen LogP contribution in [0.2, 0.25) is 0 Å². The van der Waals surface area contributed by atoms with Crippen LogP contribution in [0.25, 0.3) is 5.69 Å². The third kappa shape index (κ3) is 4.45. The molecule has 0 spiro atoms. The number of halogens is 1. The van der Waals surface area contributed by atoms with Gasteiger partial charge in [0, 0.05) is 26.2 Å². The van der Waals surface area contributed by atoms with E-state index in [4.69, 9.17) is 12.2 Å². The van der Waals surface area contributed by atoms with Gasteiger partial charge in [-0.25, -0.2) is 17.5 Å². The molecule has 11 heteroatoms. The predicted molar refractivity (Wildman–Crippen MR) is 116 cm³/mol. The fraction of sp³-hybridized carbons (Fsp3) is 0.350. The van der Waals surface area contributed by atoms with Crippen molar-refractivity contribution in [3.05, 3.63) is 64.2 Å². The Bertz CT molecular complexity index is 1250. The molecule has 0 N–H and O–H groups in total. The molecule has 1 aliphatic rings. The SMILES string of the molecule is Cc1ccc(-n2nnn(CN3CCN(S(=O)(=O)c4ccc(F)cc4)CC3)c2=S)c(C)c1. The van der Waals surface area contributed by atoms with Gasteiger partial charge in [0.25, 0.3) is 0 Å². The molecule has 0 bridgehead atoms. The van der Waals surface area contributed by atoms with E-state index in [9.17, 15) is 12.8 Å². The summed E-state index contributed by atoms with van der Waals surface area (Å²) in [6.45, 7) is 6.18. The molecule has 2 aromatic carbocycles. The molecule has 31 heavy (non-hydrogen) atoms. The van der Waals surface area contributed by atoms with E-state index < -0.39 is 15.8 Å². The second-order valence-corrected chi connectivity index (χ2v) is 9.88. The van der Waals surface area contributed by atoms with Crippen LogP contribution in [-0.2, 0) is 16.7 Å². The number of nitrogens with zero attached hydrogens (tertiary/aromatic N) is 6. The number of benzene rings is 2. The van der Waals surface area contributed by atoms with E-state index in [0.717, 1.165) is 28.9 Å². The van der Waals surface area contributed by atoms with Crippen molar-refractivity contribution in [2.75, 3.05) is 26.2 Å². The van der Waals surface area contributed by atoms with Gasteiger partial charge < -0.3 is 0 Å². The zero-order valence-electron chi connectivity index (χ0n) is 17.3. The monoisotopic (exact) mass is 462 g/mol. The summed E-state index contributed by atoms with van der Waals surface area (Å²) in [6, 6.07) is 10.9. The Balaban J connectivity index is 1.43. The van der Waals surface area contributed by atoms with Crippen LogP contribution in [0, 0.1) is 24.4 Å². The molecule has 4 rings (SSSR count). The summed E-state index contributed by atoms with van der Waals surface area (Å²) in [5, 5.41) is 8.39. The third-order valence-corrected chi connectivity index (χ3v) is 7.63. The molecule has 1 fully saturated rings. The van der Waals surface area contributed by atoms with Gasteiger partial charge in [-0.1, -0.05) is 17.7 Å². The number of sulfonamides is 1. The molecule has 3 aromatic rings. The molecule has 0 atom stereocenters. The van der Waals surface area contributed by atoms with Gasteiger partial charge in [0.2, 0.25) is 14.8 Å². The summed E-state index contributed by atoms with van der Waals surface area (Å²) in [5.41, 5.74) is 3.11. The number of hydrogen-bond donors (Lipinski definition) is 0. The fourth-order valence-corrected chi connectivity index (χ4v) is 5.26. The minimum atomic E-state index is -3.64. The van der Waals surface area contributed by atoms with Crippen LogP contribution in [0.1, 0.15) is 11.1 Å². The lowest BCUT2D eigenvalue weighted by Gasteiger charge is -2.33. The maximum atomic E-state index is 13.1. The van der Waals surface area contributed by atoms with Gasteiger partial charge in [0.1, 0.15) is 5.82 Å². The van der Waals surface area contributed by atoms with E-state index in [1.807, 2.05) is 26.0 Å². The number of piperazine rings is 1. The lowest BCUT2D eigenvalue weighted by atomic mass is 10.1. The first kappa shape index (κ1) is 21.8. The predicted octanol–water partition coefficient (Wildman–Crippen LogP) is 2.52. The van der Waals surface area contributed by atoms with Gasteiger partial charge >= 0.3 is 0 Å². The zero-order chi connectivity index (χ0) is 22.2. The summed E-state index contributed by atoms with van der Waals surface area (Å²) in [4.78, 5) is 2.18. The minimum Gasteiger partial charge on any atom is -0.282 e. The molecule has 8 nitrogen and oxygen atoms in total. The smallest absolute Gasteiger partial charge is 0.243 e. The topological polar surface area (TPSA) is 76.3 Å². The molecule has 164 valence electrons. The van der Waals surface area contributed by atoms with E-state index in [1.165, 1.54) is 16.4 Å². The van der Waals surface area contributed by atoms with Crippen LogP contribution in [0.3, 0.4) is 0 Å². The van der Waals surface area contributed by atoms with Crippen LogP contribution in [-0.4, -0.2) is 63.6 Å². The molecule has 0 radical (unpaired) electrons. The molecule has 1 saturated heterocycles. The third-order valence-electron chi connectivity index (χ3n) is 5.34. The summed E-state index contributed by atoms with van der Waals surface area (Å²) < 4.78 is 43.8. The standard InChI is InChI=1S/C20H23FN6O2S2/c1-15-3-8-19(16(2)13-15)27-20(30)26(22-23-27)14-24-9-11-25(12-10-24)31(28,29)18-6-4-17(21)5-7-18/h3-8,13H,9-12,14H2,1-2H3. The molecule has 2 heterocycles. The second kappa shape index (κ2) is 8.58. The van der Waals surface area contributed by atoms with E-state index in [1.54, 1.807) is 9.36 Å². The van der Waals surface area contributed by atoms with E-state index in [2.05, 4.69) is 21.4 Å². The molecule has 0 amide bonds. The van der Waals surface area contributed by atoms with Crippen molar-refractivity contribution in [3.8, 4) is 5.69 Å². The van der Waals surface area contributed by atoms with Crippen LogP contribution in [0.5, 0.6) is 0 Å². The van der Waals surface area contributed by atoms with E-state index in [0.29, 0.717) is 37.6 Å². The maximum Gasteiger partial charge on any atom is 0.243 e. The molecule has 0 saturated carbocycles. The molecule has 0 unspecified atom stereocenters.